The summed E-state index contributed by atoms with van der Waals surface area (Å²) in [5.74, 6) is 0. The van der Waals surface area contributed by atoms with E-state index in [0.717, 1.165) is 13.1 Å². The zero-order valence-electron chi connectivity index (χ0n) is 9.69. The molecule has 1 N–H and O–H groups in total. The van der Waals surface area contributed by atoms with Crippen LogP contribution in [0, 0.1) is 0 Å². The summed E-state index contributed by atoms with van der Waals surface area (Å²) in [6.45, 7) is 1.88. The van der Waals surface area contributed by atoms with Crippen LogP contribution in [0.3, 0.4) is 0 Å². The lowest BCUT2D eigenvalue weighted by atomic mass is 10.0. The van der Waals surface area contributed by atoms with Crippen LogP contribution in [-0.2, 0) is 6.54 Å². The Kier molecular flexibility index (Phi) is 2.76. The van der Waals surface area contributed by atoms with Crippen molar-refractivity contribution in [3.05, 3.63) is 71.3 Å². The SMILES string of the molecule is C1=C(c2ccccc2)CNCc2ccccc21. The summed E-state index contributed by atoms with van der Waals surface area (Å²) in [4.78, 5) is 0. The maximum absolute atomic E-state index is 3.48. The average molecular weight is 221 g/mol. The highest BCUT2D eigenvalue weighted by atomic mass is 14.9. The molecule has 0 bridgehead atoms. The number of hydrogen-bond donors (Lipinski definition) is 1. The summed E-state index contributed by atoms with van der Waals surface area (Å²) in [6, 6.07) is 19.1. The van der Waals surface area contributed by atoms with Gasteiger partial charge in [0, 0.05) is 13.1 Å². The molecule has 2 aromatic carbocycles. The lowest BCUT2D eigenvalue weighted by molar-refractivity contribution is 0.772. The topological polar surface area (TPSA) is 12.0 Å². The zero-order valence-corrected chi connectivity index (χ0v) is 9.69. The molecule has 0 spiro atoms. The number of benzene rings is 2. The molecule has 0 saturated heterocycles. The summed E-state index contributed by atoms with van der Waals surface area (Å²) < 4.78 is 0. The van der Waals surface area contributed by atoms with Crippen molar-refractivity contribution in [3.63, 3.8) is 0 Å². The molecule has 1 aliphatic heterocycles. The van der Waals surface area contributed by atoms with E-state index in [1.54, 1.807) is 0 Å². The van der Waals surface area contributed by atoms with Crippen LogP contribution in [0.2, 0.25) is 0 Å². The summed E-state index contributed by atoms with van der Waals surface area (Å²) in [5, 5.41) is 3.48. The minimum atomic E-state index is 0.929. The van der Waals surface area contributed by atoms with Gasteiger partial charge in [-0.25, -0.2) is 0 Å². The van der Waals surface area contributed by atoms with Crippen LogP contribution in [0.4, 0.5) is 0 Å². The number of fused-ring (bicyclic) bond motifs is 1. The van der Waals surface area contributed by atoms with Crippen LogP contribution in [0.1, 0.15) is 16.7 Å². The van der Waals surface area contributed by atoms with Crippen LogP contribution in [0.5, 0.6) is 0 Å². The fourth-order valence-corrected chi connectivity index (χ4v) is 2.24. The molecule has 84 valence electrons. The highest BCUT2D eigenvalue weighted by molar-refractivity contribution is 5.83. The van der Waals surface area contributed by atoms with E-state index in [9.17, 15) is 0 Å². The van der Waals surface area contributed by atoms with E-state index in [1.807, 2.05) is 0 Å². The molecule has 1 aliphatic rings. The average Bonchev–Trinajstić information content (AvgIpc) is 2.62. The third-order valence-electron chi connectivity index (χ3n) is 3.16. The molecular formula is C16H15N. The van der Waals surface area contributed by atoms with Gasteiger partial charge in [-0.1, -0.05) is 54.6 Å². The van der Waals surface area contributed by atoms with Gasteiger partial charge < -0.3 is 5.32 Å². The highest BCUT2D eigenvalue weighted by Crippen LogP contribution is 2.22. The van der Waals surface area contributed by atoms with Crippen molar-refractivity contribution >= 4 is 11.6 Å². The van der Waals surface area contributed by atoms with Gasteiger partial charge in [-0.2, -0.15) is 0 Å². The molecule has 0 fully saturated rings. The Bertz CT molecular complexity index is 540. The van der Waals surface area contributed by atoms with E-state index in [1.165, 1.54) is 22.3 Å². The fraction of sp³-hybridized carbons (Fsp3) is 0.125. The molecule has 17 heavy (non-hydrogen) atoms. The van der Waals surface area contributed by atoms with Crippen molar-refractivity contribution in [2.24, 2.45) is 0 Å². The van der Waals surface area contributed by atoms with Crippen LogP contribution >= 0.6 is 0 Å². The normalized spacial score (nSPS) is 14.7. The van der Waals surface area contributed by atoms with Gasteiger partial charge >= 0.3 is 0 Å². The predicted octanol–water partition coefficient (Wildman–Crippen LogP) is 3.33. The summed E-state index contributed by atoms with van der Waals surface area (Å²) in [7, 11) is 0. The van der Waals surface area contributed by atoms with Gasteiger partial charge in [-0.3, -0.25) is 0 Å². The first-order chi connectivity index (χ1) is 8.43. The summed E-state index contributed by atoms with van der Waals surface area (Å²) in [6.07, 6.45) is 2.30. The van der Waals surface area contributed by atoms with Crippen LogP contribution in [0.25, 0.3) is 11.6 Å². The lowest BCUT2D eigenvalue weighted by Crippen LogP contribution is -2.14. The molecule has 3 rings (SSSR count). The second-order valence-corrected chi connectivity index (χ2v) is 4.34. The van der Waals surface area contributed by atoms with E-state index in [4.69, 9.17) is 0 Å². The van der Waals surface area contributed by atoms with Gasteiger partial charge in [-0.15, -0.1) is 0 Å². The molecule has 1 heteroatoms. The predicted molar refractivity (Wildman–Crippen MR) is 72.5 cm³/mol. The molecule has 1 nitrogen and oxygen atoms in total. The van der Waals surface area contributed by atoms with Crippen molar-refractivity contribution in [2.75, 3.05) is 6.54 Å². The van der Waals surface area contributed by atoms with Crippen molar-refractivity contribution in [1.29, 1.82) is 0 Å². The van der Waals surface area contributed by atoms with Crippen molar-refractivity contribution in [3.8, 4) is 0 Å². The first-order valence-corrected chi connectivity index (χ1v) is 5.98. The molecular weight excluding hydrogens is 206 g/mol. The smallest absolute Gasteiger partial charge is 0.0214 e. The summed E-state index contributed by atoms with van der Waals surface area (Å²) in [5.41, 5.74) is 5.36. The highest BCUT2D eigenvalue weighted by Gasteiger charge is 2.08. The number of nitrogens with one attached hydrogen (secondary N) is 1. The third-order valence-corrected chi connectivity index (χ3v) is 3.16. The van der Waals surface area contributed by atoms with E-state index in [2.05, 4.69) is 66.0 Å². The Morgan fingerprint density at radius 2 is 1.53 bits per heavy atom. The quantitative estimate of drug-likeness (QED) is 0.779. The third kappa shape index (κ3) is 2.15. The van der Waals surface area contributed by atoms with Gasteiger partial charge in [0.2, 0.25) is 0 Å². The first-order valence-electron chi connectivity index (χ1n) is 5.98. The molecule has 0 unspecified atom stereocenters. The van der Waals surface area contributed by atoms with Crippen LogP contribution in [-0.4, -0.2) is 6.54 Å². The minimum absolute atomic E-state index is 0.929. The van der Waals surface area contributed by atoms with Gasteiger partial charge in [-0.05, 0) is 28.3 Å². The second-order valence-electron chi connectivity index (χ2n) is 4.34. The summed E-state index contributed by atoms with van der Waals surface area (Å²) >= 11 is 0. The van der Waals surface area contributed by atoms with Crippen molar-refractivity contribution < 1.29 is 0 Å². The molecule has 0 amide bonds. The Labute approximate surface area is 102 Å². The van der Waals surface area contributed by atoms with Gasteiger partial charge in [0.05, 0.1) is 0 Å². The Balaban J connectivity index is 2.05. The largest absolute Gasteiger partial charge is 0.309 e. The van der Waals surface area contributed by atoms with Crippen molar-refractivity contribution in [1.82, 2.24) is 5.32 Å². The van der Waals surface area contributed by atoms with E-state index in [-0.39, 0.29) is 0 Å². The molecule has 0 atom stereocenters. The van der Waals surface area contributed by atoms with Crippen LogP contribution < -0.4 is 5.32 Å². The Hall–Kier alpha value is -1.86. The van der Waals surface area contributed by atoms with E-state index in [0.29, 0.717) is 0 Å². The monoisotopic (exact) mass is 221 g/mol. The zero-order chi connectivity index (χ0) is 11.5. The lowest BCUT2D eigenvalue weighted by Gasteiger charge is -2.05. The standard InChI is InChI=1S/C16H15N/c1-2-6-13(7-3-1)16-10-14-8-4-5-9-15(14)11-17-12-16/h1-10,17H,11-12H2. The fourth-order valence-electron chi connectivity index (χ4n) is 2.24. The van der Waals surface area contributed by atoms with Crippen LogP contribution in [0.15, 0.2) is 54.6 Å². The molecule has 1 heterocycles. The van der Waals surface area contributed by atoms with E-state index >= 15 is 0 Å². The number of rotatable bonds is 1. The van der Waals surface area contributed by atoms with E-state index < -0.39 is 0 Å². The molecule has 0 aliphatic carbocycles. The molecule has 2 aromatic rings. The second kappa shape index (κ2) is 4.56. The maximum atomic E-state index is 3.48. The van der Waals surface area contributed by atoms with Crippen molar-refractivity contribution in [2.45, 2.75) is 6.54 Å². The number of hydrogen-bond acceptors (Lipinski definition) is 1. The minimum Gasteiger partial charge on any atom is -0.309 e. The molecule has 0 saturated carbocycles. The van der Waals surface area contributed by atoms with Gasteiger partial charge in [0.15, 0.2) is 0 Å². The Morgan fingerprint density at radius 1 is 0.765 bits per heavy atom. The maximum Gasteiger partial charge on any atom is 0.0214 e. The molecule has 0 radical (unpaired) electrons. The first kappa shape index (κ1) is 10.3. The molecule has 0 aromatic heterocycles. The Morgan fingerprint density at radius 3 is 2.41 bits per heavy atom. The van der Waals surface area contributed by atoms with Gasteiger partial charge in [0.1, 0.15) is 0 Å². The van der Waals surface area contributed by atoms with Gasteiger partial charge in [0.25, 0.3) is 0 Å².